The van der Waals surface area contributed by atoms with Crippen LogP contribution in [0.2, 0.25) is 5.02 Å². The third-order valence-corrected chi connectivity index (χ3v) is 3.95. The van der Waals surface area contributed by atoms with Crippen molar-refractivity contribution in [1.82, 2.24) is 9.38 Å². The zero-order valence-corrected chi connectivity index (χ0v) is 12.9. The molecule has 1 atom stereocenters. The van der Waals surface area contributed by atoms with Crippen molar-refractivity contribution in [3.8, 4) is 0 Å². The molecule has 2 aromatic heterocycles. The summed E-state index contributed by atoms with van der Waals surface area (Å²) >= 11 is 5.98. The van der Waals surface area contributed by atoms with E-state index in [0.29, 0.717) is 11.4 Å². The van der Waals surface area contributed by atoms with Crippen LogP contribution in [-0.2, 0) is 6.18 Å². The number of imidazole rings is 1. The van der Waals surface area contributed by atoms with Crippen molar-refractivity contribution in [3.63, 3.8) is 0 Å². The van der Waals surface area contributed by atoms with E-state index in [1.807, 2.05) is 30.3 Å². The Balaban J connectivity index is 2.24. The Morgan fingerprint density at radius 1 is 1.22 bits per heavy atom. The van der Waals surface area contributed by atoms with Crippen LogP contribution in [0, 0.1) is 6.92 Å². The number of alkyl halides is 3. The van der Waals surface area contributed by atoms with Gasteiger partial charge in [0.05, 0.1) is 28.0 Å². The molecule has 0 spiro atoms. The molecule has 3 rings (SSSR count). The van der Waals surface area contributed by atoms with Crippen LogP contribution in [0.15, 0.2) is 42.6 Å². The topological polar surface area (TPSA) is 43.3 Å². The van der Waals surface area contributed by atoms with Crippen LogP contribution >= 0.6 is 11.6 Å². The number of hydrogen-bond donors (Lipinski definition) is 1. The van der Waals surface area contributed by atoms with Gasteiger partial charge in [-0.3, -0.25) is 4.40 Å². The highest BCUT2D eigenvalue weighted by atomic mass is 35.5. The van der Waals surface area contributed by atoms with Crippen molar-refractivity contribution in [2.75, 3.05) is 0 Å². The van der Waals surface area contributed by atoms with E-state index in [1.165, 1.54) is 4.40 Å². The molecule has 0 aliphatic carbocycles. The van der Waals surface area contributed by atoms with E-state index in [2.05, 4.69) is 4.98 Å². The summed E-state index contributed by atoms with van der Waals surface area (Å²) in [5.74, 6) is 0. The van der Waals surface area contributed by atoms with Gasteiger partial charge in [0, 0.05) is 6.20 Å². The standard InChI is InChI=1S/C16H13ClF3N3/c1-9-14(13(21)10-5-3-2-4-6-10)23-8-11(16(18,19)20)7-12(17)15(23)22-9/h2-8,13H,21H2,1H3. The maximum absolute atomic E-state index is 13.0. The number of hydrogen-bond acceptors (Lipinski definition) is 2. The van der Waals surface area contributed by atoms with E-state index in [4.69, 9.17) is 17.3 Å². The number of benzene rings is 1. The van der Waals surface area contributed by atoms with Gasteiger partial charge in [0.15, 0.2) is 5.65 Å². The van der Waals surface area contributed by atoms with Crippen LogP contribution < -0.4 is 5.73 Å². The van der Waals surface area contributed by atoms with Crippen LogP contribution in [0.5, 0.6) is 0 Å². The van der Waals surface area contributed by atoms with Crippen LogP contribution in [0.25, 0.3) is 5.65 Å². The van der Waals surface area contributed by atoms with E-state index >= 15 is 0 Å². The molecule has 0 amide bonds. The first-order chi connectivity index (χ1) is 10.8. The minimum absolute atomic E-state index is 0.0607. The normalized spacial score (nSPS) is 13.5. The van der Waals surface area contributed by atoms with Crippen molar-refractivity contribution in [1.29, 1.82) is 0 Å². The van der Waals surface area contributed by atoms with Crippen LogP contribution in [0.3, 0.4) is 0 Å². The van der Waals surface area contributed by atoms with E-state index in [0.717, 1.165) is 17.8 Å². The third kappa shape index (κ3) is 2.80. The molecule has 0 aliphatic heterocycles. The Morgan fingerprint density at radius 2 is 1.87 bits per heavy atom. The number of aromatic nitrogens is 2. The highest BCUT2D eigenvalue weighted by Gasteiger charge is 2.32. The summed E-state index contributed by atoms with van der Waals surface area (Å²) < 4.78 is 40.4. The molecule has 0 fully saturated rings. The lowest BCUT2D eigenvalue weighted by Crippen LogP contribution is -2.16. The minimum Gasteiger partial charge on any atom is -0.319 e. The van der Waals surface area contributed by atoms with E-state index in [9.17, 15) is 13.2 Å². The third-order valence-electron chi connectivity index (χ3n) is 3.68. The summed E-state index contributed by atoms with van der Waals surface area (Å²) in [6, 6.07) is 9.39. The molecular formula is C16H13ClF3N3. The van der Waals surface area contributed by atoms with E-state index in [-0.39, 0.29) is 10.7 Å². The molecule has 0 radical (unpaired) electrons. The van der Waals surface area contributed by atoms with Gasteiger partial charge in [-0.05, 0) is 18.6 Å². The highest BCUT2D eigenvalue weighted by molar-refractivity contribution is 6.33. The predicted molar refractivity (Wildman–Crippen MR) is 82.4 cm³/mol. The zero-order chi connectivity index (χ0) is 16.8. The quantitative estimate of drug-likeness (QED) is 0.753. The molecule has 0 aliphatic rings. The van der Waals surface area contributed by atoms with E-state index < -0.39 is 17.8 Å². The Kier molecular flexibility index (Phi) is 3.82. The molecule has 2 N–H and O–H groups in total. The molecule has 0 bridgehead atoms. The van der Waals surface area contributed by atoms with Gasteiger partial charge in [0.2, 0.25) is 0 Å². The number of nitrogens with two attached hydrogens (primary N) is 1. The molecule has 7 heteroatoms. The first-order valence-corrected chi connectivity index (χ1v) is 7.22. The second-order valence-corrected chi connectivity index (χ2v) is 5.65. The fourth-order valence-corrected chi connectivity index (χ4v) is 2.83. The highest BCUT2D eigenvalue weighted by Crippen LogP contribution is 2.34. The van der Waals surface area contributed by atoms with Crippen molar-refractivity contribution in [3.05, 3.63) is 70.1 Å². The second kappa shape index (κ2) is 5.54. The SMILES string of the molecule is Cc1nc2c(Cl)cc(C(F)(F)F)cn2c1C(N)c1ccccc1. The molecule has 1 aromatic carbocycles. The van der Waals surface area contributed by atoms with Gasteiger partial charge >= 0.3 is 6.18 Å². The lowest BCUT2D eigenvalue weighted by molar-refractivity contribution is -0.137. The minimum atomic E-state index is -4.50. The van der Waals surface area contributed by atoms with Gasteiger partial charge in [0.1, 0.15) is 0 Å². The van der Waals surface area contributed by atoms with E-state index in [1.54, 1.807) is 6.92 Å². The van der Waals surface area contributed by atoms with Gasteiger partial charge in [-0.15, -0.1) is 0 Å². The number of nitrogens with zero attached hydrogens (tertiary/aromatic N) is 2. The van der Waals surface area contributed by atoms with Gasteiger partial charge in [-0.2, -0.15) is 13.2 Å². The summed E-state index contributed by atoms with van der Waals surface area (Å²) in [6.45, 7) is 1.70. The van der Waals surface area contributed by atoms with Gasteiger partial charge in [-0.25, -0.2) is 4.98 Å². The molecule has 3 aromatic rings. The van der Waals surface area contributed by atoms with Crippen LogP contribution in [0.4, 0.5) is 13.2 Å². The maximum atomic E-state index is 13.0. The number of aryl methyl sites for hydroxylation is 1. The summed E-state index contributed by atoms with van der Waals surface area (Å²) in [4.78, 5) is 4.27. The molecular weight excluding hydrogens is 327 g/mol. The number of halogens is 4. The number of pyridine rings is 1. The lowest BCUT2D eigenvalue weighted by Gasteiger charge is -2.15. The monoisotopic (exact) mass is 339 g/mol. The molecule has 3 nitrogen and oxygen atoms in total. The molecule has 2 heterocycles. The molecule has 0 saturated carbocycles. The average Bonchev–Trinajstić information content (AvgIpc) is 2.83. The fraction of sp³-hybridized carbons (Fsp3) is 0.188. The largest absolute Gasteiger partial charge is 0.417 e. The Bertz CT molecular complexity index is 856. The average molecular weight is 340 g/mol. The Labute approximate surface area is 135 Å². The van der Waals surface area contributed by atoms with Gasteiger partial charge in [-0.1, -0.05) is 41.9 Å². The van der Waals surface area contributed by atoms with Crippen LogP contribution in [-0.4, -0.2) is 9.38 Å². The Morgan fingerprint density at radius 3 is 2.48 bits per heavy atom. The van der Waals surface area contributed by atoms with Crippen molar-refractivity contribution in [2.45, 2.75) is 19.1 Å². The molecule has 23 heavy (non-hydrogen) atoms. The van der Waals surface area contributed by atoms with Crippen LogP contribution in [0.1, 0.15) is 28.6 Å². The second-order valence-electron chi connectivity index (χ2n) is 5.24. The smallest absolute Gasteiger partial charge is 0.319 e. The molecule has 1 unspecified atom stereocenters. The molecule has 120 valence electrons. The summed E-state index contributed by atoms with van der Waals surface area (Å²) in [7, 11) is 0. The summed E-state index contributed by atoms with van der Waals surface area (Å²) in [6.07, 6.45) is -3.51. The summed E-state index contributed by atoms with van der Waals surface area (Å²) in [5.41, 5.74) is 7.49. The summed E-state index contributed by atoms with van der Waals surface area (Å²) in [5, 5.41) is -0.0607. The van der Waals surface area contributed by atoms with Crippen molar-refractivity contribution in [2.24, 2.45) is 5.73 Å². The van der Waals surface area contributed by atoms with Crippen molar-refractivity contribution >= 4 is 17.2 Å². The number of fused-ring (bicyclic) bond motifs is 1. The van der Waals surface area contributed by atoms with Crippen molar-refractivity contribution < 1.29 is 13.2 Å². The van der Waals surface area contributed by atoms with Gasteiger partial charge < -0.3 is 5.73 Å². The maximum Gasteiger partial charge on any atom is 0.417 e. The fourth-order valence-electron chi connectivity index (χ4n) is 2.58. The van der Waals surface area contributed by atoms with Gasteiger partial charge in [0.25, 0.3) is 0 Å². The molecule has 0 saturated heterocycles. The Hall–Kier alpha value is -2.05. The predicted octanol–water partition coefficient (Wildman–Crippen LogP) is 4.36. The first kappa shape index (κ1) is 15.8. The first-order valence-electron chi connectivity index (χ1n) is 6.85. The number of rotatable bonds is 2. The zero-order valence-electron chi connectivity index (χ0n) is 12.1. The lowest BCUT2D eigenvalue weighted by atomic mass is 10.0.